The van der Waals surface area contributed by atoms with E-state index in [0.717, 1.165) is 0 Å². The van der Waals surface area contributed by atoms with Crippen LogP contribution < -0.4 is 11.1 Å². The summed E-state index contributed by atoms with van der Waals surface area (Å²) in [5, 5.41) is 2.75. The molecule has 0 aromatic rings. The number of ether oxygens (including phenoxy) is 1. The molecule has 0 heterocycles. The van der Waals surface area contributed by atoms with Crippen molar-refractivity contribution in [3.63, 3.8) is 0 Å². The van der Waals surface area contributed by atoms with E-state index in [0.29, 0.717) is 19.6 Å². The fraction of sp³-hybridized carbons (Fsp3) is 0.833. The Morgan fingerprint density at radius 2 is 2.00 bits per heavy atom. The predicted octanol–water partition coefficient (Wildman–Crippen LogP) is -0.277. The van der Waals surface area contributed by atoms with Gasteiger partial charge in [0.25, 0.3) is 0 Å². The van der Waals surface area contributed by atoms with Crippen molar-refractivity contribution < 1.29 is 14.3 Å². The van der Waals surface area contributed by atoms with Gasteiger partial charge in [-0.2, -0.15) is 0 Å². The smallest absolute Gasteiger partial charge is 0.240 e. The lowest BCUT2D eigenvalue weighted by atomic mass is 10.2. The maximum atomic E-state index is 12.0. The van der Waals surface area contributed by atoms with Crippen LogP contribution in [0.5, 0.6) is 0 Å². The third-order valence-electron chi connectivity index (χ3n) is 2.43. The van der Waals surface area contributed by atoms with Crippen LogP contribution >= 0.6 is 0 Å². The van der Waals surface area contributed by atoms with Gasteiger partial charge in [0.15, 0.2) is 0 Å². The van der Waals surface area contributed by atoms with Crippen molar-refractivity contribution in [2.75, 3.05) is 26.8 Å². The number of methoxy groups -OCH3 is 1. The Morgan fingerprint density at radius 1 is 1.39 bits per heavy atom. The molecule has 0 aliphatic rings. The maximum absolute atomic E-state index is 12.0. The number of likely N-dealkylation sites (N-methyl/N-ethyl adjacent to an activating group) is 1. The molecule has 1 atom stereocenters. The highest BCUT2D eigenvalue weighted by Gasteiger charge is 2.21. The maximum Gasteiger partial charge on any atom is 0.240 e. The second-order valence-corrected chi connectivity index (χ2v) is 4.46. The van der Waals surface area contributed by atoms with E-state index in [1.807, 2.05) is 20.8 Å². The van der Waals surface area contributed by atoms with Crippen LogP contribution in [0, 0.1) is 0 Å². The largest absolute Gasteiger partial charge is 0.385 e. The second kappa shape index (κ2) is 8.88. The van der Waals surface area contributed by atoms with Crippen LogP contribution in [0.1, 0.15) is 27.2 Å². The van der Waals surface area contributed by atoms with E-state index in [1.165, 1.54) is 4.90 Å². The lowest BCUT2D eigenvalue weighted by Gasteiger charge is -2.24. The molecule has 106 valence electrons. The Morgan fingerprint density at radius 3 is 2.44 bits per heavy atom. The quantitative estimate of drug-likeness (QED) is 0.628. The van der Waals surface area contributed by atoms with Crippen LogP contribution in [0.2, 0.25) is 0 Å². The highest BCUT2D eigenvalue weighted by atomic mass is 16.5. The fourth-order valence-electron chi connectivity index (χ4n) is 1.49. The van der Waals surface area contributed by atoms with Crippen LogP contribution in [0.25, 0.3) is 0 Å². The Bertz CT molecular complexity index is 269. The first kappa shape index (κ1) is 16.9. The van der Waals surface area contributed by atoms with Gasteiger partial charge in [0, 0.05) is 26.3 Å². The highest BCUT2D eigenvalue weighted by molar-refractivity contribution is 5.87. The average Bonchev–Trinajstić information content (AvgIpc) is 2.31. The highest BCUT2D eigenvalue weighted by Crippen LogP contribution is 1.98. The molecule has 0 aliphatic heterocycles. The minimum absolute atomic E-state index is 0.0498. The molecule has 0 spiro atoms. The molecule has 0 fully saturated rings. The van der Waals surface area contributed by atoms with E-state index in [1.54, 1.807) is 7.11 Å². The number of carbonyl (C=O) groups is 2. The summed E-state index contributed by atoms with van der Waals surface area (Å²) in [5.41, 5.74) is 5.75. The lowest BCUT2D eigenvalue weighted by Crippen LogP contribution is -2.48. The number of rotatable bonds is 8. The van der Waals surface area contributed by atoms with E-state index in [-0.39, 0.29) is 24.4 Å². The van der Waals surface area contributed by atoms with E-state index < -0.39 is 6.04 Å². The van der Waals surface area contributed by atoms with Crippen molar-refractivity contribution in [2.45, 2.75) is 39.3 Å². The van der Waals surface area contributed by atoms with E-state index >= 15 is 0 Å². The number of hydrogen-bond donors (Lipinski definition) is 2. The molecule has 0 rings (SSSR count). The molecule has 3 N–H and O–H groups in total. The zero-order valence-electron chi connectivity index (χ0n) is 11.7. The first-order valence-electron chi connectivity index (χ1n) is 6.25. The first-order chi connectivity index (χ1) is 8.42. The van der Waals surface area contributed by atoms with E-state index in [9.17, 15) is 9.59 Å². The summed E-state index contributed by atoms with van der Waals surface area (Å²) < 4.78 is 4.88. The van der Waals surface area contributed by atoms with E-state index in [2.05, 4.69) is 5.32 Å². The van der Waals surface area contributed by atoms with Crippen molar-refractivity contribution in [3.05, 3.63) is 0 Å². The summed E-state index contributed by atoms with van der Waals surface area (Å²) >= 11 is 0. The van der Waals surface area contributed by atoms with Gasteiger partial charge in [-0.05, 0) is 27.2 Å². The topological polar surface area (TPSA) is 84.7 Å². The molecule has 2 amide bonds. The Hall–Kier alpha value is -1.14. The number of nitrogens with one attached hydrogen (secondary N) is 1. The average molecular weight is 259 g/mol. The van der Waals surface area contributed by atoms with Crippen molar-refractivity contribution in [2.24, 2.45) is 5.73 Å². The molecule has 0 aromatic carbocycles. The standard InChI is InChI=1S/C12H25N3O3/c1-5-15(8-11(16)14-9(2)3)12(17)10(13)6-7-18-4/h9-10H,5-8,13H2,1-4H3,(H,14,16). The van der Waals surface area contributed by atoms with Gasteiger partial charge in [-0.1, -0.05) is 0 Å². The fourth-order valence-corrected chi connectivity index (χ4v) is 1.49. The zero-order chi connectivity index (χ0) is 14.1. The van der Waals surface area contributed by atoms with Crippen LogP contribution in [0.15, 0.2) is 0 Å². The number of nitrogens with zero attached hydrogens (tertiary/aromatic N) is 1. The normalized spacial score (nSPS) is 12.3. The minimum Gasteiger partial charge on any atom is -0.385 e. The molecule has 0 saturated heterocycles. The second-order valence-electron chi connectivity index (χ2n) is 4.46. The molecule has 6 heteroatoms. The Balaban J connectivity index is 4.30. The first-order valence-corrected chi connectivity index (χ1v) is 6.25. The van der Waals surface area contributed by atoms with Gasteiger partial charge in [0.1, 0.15) is 0 Å². The summed E-state index contributed by atoms with van der Waals surface area (Å²) in [6, 6.07) is -0.551. The van der Waals surface area contributed by atoms with Gasteiger partial charge in [-0.25, -0.2) is 0 Å². The molecule has 0 radical (unpaired) electrons. The van der Waals surface area contributed by atoms with Gasteiger partial charge in [-0.3, -0.25) is 9.59 Å². The van der Waals surface area contributed by atoms with Crippen molar-refractivity contribution in [1.29, 1.82) is 0 Å². The number of carbonyl (C=O) groups excluding carboxylic acids is 2. The van der Waals surface area contributed by atoms with Gasteiger partial charge in [0.2, 0.25) is 11.8 Å². The molecule has 0 aliphatic carbocycles. The number of amides is 2. The Kier molecular flexibility index (Phi) is 8.32. The monoisotopic (exact) mass is 259 g/mol. The van der Waals surface area contributed by atoms with Crippen LogP contribution in [0.4, 0.5) is 0 Å². The lowest BCUT2D eigenvalue weighted by molar-refractivity contribution is -0.137. The third-order valence-corrected chi connectivity index (χ3v) is 2.43. The minimum atomic E-state index is -0.614. The van der Waals surface area contributed by atoms with Gasteiger partial charge >= 0.3 is 0 Å². The van der Waals surface area contributed by atoms with Crippen molar-refractivity contribution >= 4 is 11.8 Å². The molecule has 0 saturated carbocycles. The predicted molar refractivity (Wildman–Crippen MR) is 70.0 cm³/mol. The third kappa shape index (κ3) is 6.56. The van der Waals surface area contributed by atoms with E-state index in [4.69, 9.17) is 10.5 Å². The SMILES string of the molecule is CCN(CC(=O)NC(C)C)C(=O)C(N)CCOC. The molecule has 0 aromatic heterocycles. The molecular weight excluding hydrogens is 234 g/mol. The summed E-state index contributed by atoms with van der Waals surface area (Å²) in [6.07, 6.45) is 0.456. The summed E-state index contributed by atoms with van der Waals surface area (Å²) in [7, 11) is 1.56. The number of hydrogen-bond acceptors (Lipinski definition) is 4. The molecular formula is C12H25N3O3. The van der Waals surface area contributed by atoms with Crippen LogP contribution in [-0.2, 0) is 14.3 Å². The van der Waals surface area contributed by atoms with Gasteiger partial charge in [0.05, 0.1) is 12.6 Å². The summed E-state index contributed by atoms with van der Waals surface area (Å²) in [5.74, 6) is -0.382. The number of nitrogens with two attached hydrogens (primary N) is 1. The zero-order valence-corrected chi connectivity index (χ0v) is 11.7. The van der Waals surface area contributed by atoms with Crippen LogP contribution in [-0.4, -0.2) is 55.6 Å². The molecule has 1 unspecified atom stereocenters. The van der Waals surface area contributed by atoms with Crippen molar-refractivity contribution in [1.82, 2.24) is 10.2 Å². The molecule has 0 bridgehead atoms. The summed E-state index contributed by atoms with van der Waals surface area (Å²) in [6.45, 7) is 6.52. The van der Waals surface area contributed by atoms with Crippen molar-refractivity contribution in [3.8, 4) is 0 Å². The van der Waals surface area contributed by atoms with Gasteiger partial charge in [-0.15, -0.1) is 0 Å². The summed E-state index contributed by atoms with van der Waals surface area (Å²) in [4.78, 5) is 25.0. The molecule has 18 heavy (non-hydrogen) atoms. The van der Waals surface area contributed by atoms with Gasteiger partial charge < -0.3 is 20.7 Å². The van der Waals surface area contributed by atoms with Crippen LogP contribution in [0.3, 0.4) is 0 Å². The Labute approximate surface area is 109 Å². The molecule has 6 nitrogen and oxygen atoms in total.